The summed E-state index contributed by atoms with van der Waals surface area (Å²) in [7, 11) is 3.45. The van der Waals surface area contributed by atoms with Crippen molar-refractivity contribution in [2.45, 2.75) is 26.7 Å². The second kappa shape index (κ2) is 7.06. The van der Waals surface area contributed by atoms with Crippen LogP contribution in [-0.4, -0.2) is 41.6 Å². The summed E-state index contributed by atoms with van der Waals surface area (Å²) in [5.74, 6) is 1.62. The number of rotatable bonds is 6. The number of hydrogen-bond donors (Lipinski definition) is 1. The van der Waals surface area contributed by atoms with Gasteiger partial charge in [0, 0.05) is 32.4 Å². The molecule has 1 N–H and O–H groups in total. The highest BCUT2D eigenvalue weighted by Gasteiger charge is 2.09. The first kappa shape index (κ1) is 16.0. The lowest BCUT2D eigenvalue weighted by molar-refractivity contribution is 0.0827. The first-order chi connectivity index (χ1) is 10.5. The highest BCUT2D eigenvalue weighted by Crippen LogP contribution is 2.14. The number of anilines is 1. The van der Waals surface area contributed by atoms with Gasteiger partial charge in [0.1, 0.15) is 11.6 Å². The number of aryl methyl sites for hydroxylation is 2. The molecule has 22 heavy (non-hydrogen) atoms. The van der Waals surface area contributed by atoms with E-state index in [0.717, 1.165) is 36.7 Å². The standard InChI is InChI=1S/C16H22N4O2/c1-11-14(12(2)22-19-11)6-5-9-17-15-8-7-13(10-18-15)16(21)20(3)4/h7-8,10H,5-6,9H2,1-4H3,(H,17,18). The largest absolute Gasteiger partial charge is 0.370 e. The van der Waals surface area contributed by atoms with Crippen molar-refractivity contribution >= 4 is 11.7 Å². The number of carbonyl (C=O) groups excluding carboxylic acids is 1. The van der Waals surface area contributed by atoms with Crippen molar-refractivity contribution in [3.8, 4) is 0 Å². The van der Waals surface area contributed by atoms with E-state index in [-0.39, 0.29) is 5.91 Å². The number of carbonyl (C=O) groups is 1. The summed E-state index contributed by atoms with van der Waals surface area (Å²) < 4.78 is 5.15. The van der Waals surface area contributed by atoms with E-state index in [0.29, 0.717) is 5.56 Å². The van der Waals surface area contributed by atoms with Gasteiger partial charge in [-0.15, -0.1) is 0 Å². The van der Waals surface area contributed by atoms with Crippen molar-refractivity contribution in [1.82, 2.24) is 15.0 Å². The second-order valence-corrected chi connectivity index (χ2v) is 5.46. The van der Waals surface area contributed by atoms with E-state index in [9.17, 15) is 4.79 Å². The Balaban J connectivity index is 1.81. The maximum Gasteiger partial charge on any atom is 0.254 e. The average molecular weight is 302 g/mol. The first-order valence-electron chi connectivity index (χ1n) is 7.32. The van der Waals surface area contributed by atoms with Crippen LogP contribution in [0.3, 0.4) is 0 Å². The third-order valence-corrected chi connectivity index (χ3v) is 3.51. The Morgan fingerprint density at radius 2 is 2.09 bits per heavy atom. The minimum absolute atomic E-state index is 0.0440. The molecule has 2 rings (SSSR count). The molecule has 0 aliphatic rings. The average Bonchev–Trinajstić information content (AvgIpc) is 2.82. The molecule has 6 nitrogen and oxygen atoms in total. The van der Waals surface area contributed by atoms with Crippen LogP contribution < -0.4 is 5.32 Å². The Kier molecular flexibility index (Phi) is 5.14. The van der Waals surface area contributed by atoms with Crippen molar-refractivity contribution in [2.75, 3.05) is 26.0 Å². The fourth-order valence-corrected chi connectivity index (χ4v) is 2.22. The molecule has 2 aromatic rings. The van der Waals surface area contributed by atoms with E-state index in [1.807, 2.05) is 19.9 Å². The maximum absolute atomic E-state index is 11.8. The fraction of sp³-hybridized carbons (Fsp3) is 0.438. The van der Waals surface area contributed by atoms with Crippen molar-refractivity contribution < 1.29 is 9.32 Å². The summed E-state index contributed by atoms with van der Waals surface area (Å²) in [6.07, 6.45) is 3.48. The topological polar surface area (TPSA) is 71.3 Å². The molecule has 0 aliphatic carbocycles. The zero-order valence-corrected chi connectivity index (χ0v) is 13.5. The van der Waals surface area contributed by atoms with E-state index in [1.54, 1.807) is 26.4 Å². The van der Waals surface area contributed by atoms with Crippen LogP contribution in [0.5, 0.6) is 0 Å². The Bertz CT molecular complexity index is 613. The van der Waals surface area contributed by atoms with Crippen molar-refractivity contribution in [3.05, 3.63) is 40.9 Å². The molecule has 2 heterocycles. The minimum atomic E-state index is -0.0440. The van der Waals surface area contributed by atoms with Gasteiger partial charge in [-0.3, -0.25) is 4.79 Å². The van der Waals surface area contributed by atoms with Crippen molar-refractivity contribution in [2.24, 2.45) is 0 Å². The minimum Gasteiger partial charge on any atom is -0.370 e. The molecule has 6 heteroatoms. The summed E-state index contributed by atoms with van der Waals surface area (Å²) in [6, 6.07) is 3.61. The molecule has 0 aromatic carbocycles. The Labute approximate surface area is 130 Å². The van der Waals surface area contributed by atoms with E-state index < -0.39 is 0 Å². The van der Waals surface area contributed by atoms with Crippen molar-refractivity contribution in [3.63, 3.8) is 0 Å². The zero-order valence-electron chi connectivity index (χ0n) is 13.5. The van der Waals surface area contributed by atoms with Gasteiger partial charge in [0.2, 0.25) is 0 Å². The Morgan fingerprint density at radius 1 is 1.32 bits per heavy atom. The number of pyridine rings is 1. The van der Waals surface area contributed by atoms with Crippen molar-refractivity contribution in [1.29, 1.82) is 0 Å². The van der Waals surface area contributed by atoms with Crippen LogP contribution in [-0.2, 0) is 6.42 Å². The van der Waals surface area contributed by atoms with E-state index >= 15 is 0 Å². The van der Waals surface area contributed by atoms with Gasteiger partial charge in [-0.1, -0.05) is 5.16 Å². The van der Waals surface area contributed by atoms with Crippen LogP contribution in [0.1, 0.15) is 33.8 Å². The first-order valence-corrected chi connectivity index (χ1v) is 7.32. The SMILES string of the molecule is Cc1noc(C)c1CCCNc1ccc(C(=O)N(C)C)cn1. The van der Waals surface area contributed by atoms with Crippen LogP contribution in [0.15, 0.2) is 22.9 Å². The smallest absolute Gasteiger partial charge is 0.254 e. The molecule has 2 aromatic heterocycles. The fourth-order valence-electron chi connectivity index (χ4n) is 2.22. The molecule has 0 unspecified atom stereocenters. The summed E-state index contributed by atoms with van der Waals surface area (Å²) in [5, 5.41) is 7.20. The molecular formula is C16H22N4O2. The van der Waals surface area contributed by atoms with E-state index in [1.165, 1.54) is 10.5 Å². The summed E-state index contributed by atoms with van der Waals surface area (Å²) in [6.45, 7) is 4.70. The number of hydrogen-bond acceptors (Lipinski definition) is 5. The molecule has 0 spiro atoms. The summed E-state index contributed by atoms with van der Waals surface area (Å²) >= 11 is 0. The van der Waals surface area contributed by atoms with Gasteiger partial charge in [0.25, 0.3) is 5.91 Å². The molecule has 0 radical (unpaired) electrons. The van der Waals surface area contributed by atoms with Gasteiger partial charge in [-0.25, -0.2) is 4.98 Å². The monoisotopic (exact) mass is 302 g/mol. The van der Waals surface area contributed by atoms with Crippen LogP contribution in [0.4, 0.5) is 5.82 Å². The lowest BCUT2D eigenvalue weighted by Gasteiger charge is -2.10. The molecule has 0 aliphatic heterocycles. The zero-order chi connectivity index (χ0) is 16.1. The lowest BCUT2D eigenvalue weighted by Crippen LogP contribution is -2.21. The molecule has 0 saturated heterocycles. The number of nitrogens with zero attached hydrogens (tertiary/aromatic N) is 3. The number of amides is 1. The predicted octanol–water partition coefficient (Wildman–Crippen LogP) is 2.43. The lowest BCUT2D eigenvalue weighted by atomic mass is 10.1. The Morgan fingerprint density at radius 3 is 2.64 bits per heavy atom. The normalized spacial score (nSPS) is 10.5. The molecular weight excluding hydrogens is 280 g/mol. The maximum atomic E-state index is 11.8. The van der Waals surface area contributed by atoms with Gasteiger partial charge in [0.05, 0.1) is 11.3 Å². The highest BCUT2D eigenvalue weighted by atomic mass is 16.5. The summed E-state index contributed by atoms with van der Waals surface area (Å²) in [4.78, 5) is 17.6. The quantitative estimate of drug-likeness (QED) is 0.830. The van der Waals surface area contributed by atoms with Crippen LogP contribution in [0.25, 0.3) is 0 Å². The van der Waals surface area contributed by atoms with Gasteiger partial charge in [-0.05, 0) is 38.8 Å². The molecule has 0 fully saturated rings. The molecule has 0 atom stereocenters. The number of aromatic nitrogens is 2. The van der Waals surface area contributed by atoms with E-state index in [4.69, 9.17) is 4.52 Å². The second-order valence-electron chi connectivity index (χ2n) is 5.46. The summed E-state index contributed by atoms with van der Waals surface area (Å²) in [5.41, 5.74) is 2.73. The van der Waals surface area contributed by atoms with E-state index in [2.05, 4.69) is 15.5 Å². The van der Waals surface area contributed by atoms with Gasteiger partial charge < -0.3 is 14.7 Å². The van der Waals surface area contributed by atoms with Crippen LogP contribution in [0, 0.1) is 13.8 Å². The third-order valence-electron chi connectivity index (χ3n) is 3.51. The Hall–Kier alpha value is -2.37. The molecule has 0 bridgehead atoms. The van der Waals surface area contributed by atoms with Crippen LogP contribution >= 0.6 is 0 Å². The third kappa shape index (κ3) is 3.84. The predicted molar refractivity (Wildman–Crippen MR) is 85.0 cm³/mol. The molecule has 0 saturated carbocycles. The van der Waals surface area contributed by atoms with Gasteiger partial charge >= 0.3 is 0 Å². The highest BCUT2D eigenvalue weighted by molar-refractivity contribution is 5.93. The van der Waals surface area contributed by atoms with Crippen LogP contribution in [0.2, 0.25) is 0 Å². The molecule has 118 valence electrons. The van der Waals surface area contributed by atoms with Gasteiger partial charge in [0.15, 0.2) is 0 Å². The molecule has 1 amide bonds. The number of nitrogens with one attached hydrogen (secondary N) is 1. The van der Waals surface area contributed by atoms with Gasteiger partial charge in [-0.2, -0.15) is 0 Å².